The highest BCUT2D eigenvalue weighted by Gasteiger charge is 2.13. The van der Waals surface area contributed by atoms with Crippen LogP contribution in [0.2, 0.25) is 0 Å². The second-order valence-corrected chi connectivity index (χ2v) is 5.86. The first-order chi connectivity index (χ1) is 9.24. The molecule has 0 saturated carbocycles. The van der Waals surface area contributed by atoms with Crippen molar-refractivity contribution in [1.29, 1.82) is 0 Å². The van der Waals surface area contributed by atoms with Gasteiger partial charge < -0.3 is 4.90 Å². The third kappa shape index (κ3) is 3.81. The van der Waals surface area contributed by atoms with Crippen molar-refractivity contribution in [2.75, 3.05) is 23.3 Å². The predicted octanol–water partition coefficient (Wildman–Crippen LogP) is 2.65. The number of anilines is 1. The van der Waals surface area contributed by atoms with Crippen molar-refractivity contribution in [3.63, 3.8) is 0 Å². The third-order valence-corrected chi connectivity index (χ3v) is 4.72. The lowest BCUT2D eigenvalue weighted by Gasteiger charge is -2.28. The lowest BCUT2D eigenvalue weighted by atomic mass is 10.1. The molecule has 19 heavy (non-hydrogen) atoms. The Balaban J connectivity index is 2.10. The summed E-state index contributed by atoms with van der Waals surface area (Å²) < 4.78 is 1.59. The van der Waals surface area contributed by atoms with Gasteiger partial charge in [0.05, 0.1) is 11.9 Å². The molecule has 2 heterocycles. The van der Waals surface area contributed by atoms with E-state index in [0.717, 1.165) is 30.5 Å². The summed E-state index contributed by atoms with van der Waals surface area (Å²) in [6.07, 6.45) is 6.61. The fraction of sp³-hybridized carbons (Fsp3) is 0.714. The smallest absolute Gasteiger partial charge is 0.268 e. The summed E-state index contributed by atoms with van der Waals surface area (Å²) in [5, 5.41) is 5.24. The summed E-state index contributed by atoms with van der Waals surface area (Å²) in [4.78, 5) is 14.4. The van der Waals surface area contributed by atoms with Crippen molar-refractivity contribution in [2.24, 2.45) is 5.92 Å². The predicted molar refractivity (Wildman–Crippen MR) is 82.1 cm³/mol. The standard InChI is InChI=1S/C14H22BrN3O/c1-2-12(9-15)11-18-14(19)8-13(10-16-18)17-6-4-3-5-7-17/h8,10,12H,2-7,9,11H2,1H3. The molecule has 4 nitrogen and oxygen atoms in total. The van der Waals surface area contributed by atoms with Crippen LogP contribution in [0.5, 0.6) is 0 Å². The van der Waals surface area contributed by atoms with Crippen molar-refractivity contribution < 1.29 is 0 Å². The number of rotatable bonds is 5. The van der Waals surface area contributed by atoms with Crippen LogP contribution in [0.25, 0.3) is 0 Å². The number of hydrogen-bond donors (Lipinski definition) is 0. The van der Waals surface area contributed by atoms with Crippen molar-refractivity contribution >= 4 is 21.6 Å². The second-order valence-electron chi connectivity index (χ2n) is 5.21. The monoisotopic (exact) mass is 327 g/mol. The van der Waals surface area contributed by atoms with Gasteiger partial charge in [0.2, 0.25) is 0 Å². The Morgan fingerprint density at radius 2 is 2.11 bits per heavy atom. The summed E-state index contributed by atoms with van der Waals surface area (Å²) in [7, 11) is 0. The number of aromatic nitrogens is 2. The average Bonchev–Trinajstić information content (AvgIpc) is 2.47. The van der Waals surface area contributed by atoms with Gasteiger partial charge in [-0.2, -0.15) is 5.10 Å². The molecule has 5 heteroatoms. The molecule has 0 amide bonds. The Morgan fingerprint density at radius 1 is 1.37 bits per heavy atom. The summed E-state index contributed by atoms with van der Waals surface area (Å²) in [5.74, 6) is 0.464. The van der Waals surface area contributed by atoms with Gasteiger partial charge in [-0.3, -0.25) is 4.79 Å². The fourth-order valence-electron chi connectivity index (χ4n) is 2.42. The molecule has 106 valence electrons. The summed E-state index contributed by atoms with van der Waals surface area (Å²) in [6.45, 7) is 4.92. The highest BCUT2D eigenvalue weighted by atomic mass is 79.9. The molecule has 0 radical (unpaired) electrons. The highest BCUT2D eigenvalue weighted by molar-refractivity contribution is 9.09. The maximum Gasteiger partial charge on any atom is 0.268 e. The molecule has 1 aliphatic rings. The zero-order valence-electron chi connectivity index (χ0n) is 11.5. The molecule has 1 atom stereocenters. The normalized spacial score (nSPS) is 17.5. The molecule has 1 aromatic heterocycles. The largest absolute Gasteiger partial charge is 0.370 e. The van der Waals surface area contributed by atoms with Gasteiger partial charge in [-0.15, -0.1) is 0 Å². The minimum atomic E-state index is 0.0162. The van der Waals surface area contributed by atoms with Crippen LogP contribution in [-0.4, -0.2) is 28.2 Å². The van der Waals surface area contributed by atoms with Gasteiger partial charge in [-0.25, -0.2) is 4.68 Å². The van der Waals surface area contributed by atoms with Gasteiger partial charge in [0.15, 0.2) is 0 Å². The Hall–Kier alpha value is -0.840. The van der Waals surface area contributed by atoms with Crippen LogP contribution in [0.3, 0.4) is 0 Å². The molecule has 0 aromatic carbocycles. The lowest BCUT2D eigenvalue weighted by molar-refractivity contribution is 0.431. The number of piperidine rings is 1. The molecule has 0 N–H and O–H groups in total. The summed E-state index contributed by atoms with van der Waals surface area (Å²) in [5.41, 5.74) is 0.996. The van der Waals surface area contributed by atoms with Gasteiger partial charge in [-0.1, -0.05) is 29.3 Å². The van der Waals surface area contributed by atoms with Crippen LogP contribution in [0, 0.1) is 5.92 Å². The van der Waals surface area contributed by atoms with Crippen molar-refractivity contribution in [1.82, 2.24) is 9.78 Å². The molecule has 1 saturated heterocycles. The van der Waals surface area contributed by atoms with Crippen LogP contribution >= 0.6 is 15.9 Å². The van der Waals surface area contributed by atoms with Crippen molar-refractivity contribution in [3.05, 3.63) is 22.6 Å². The van der Waals surface area contributed by atoms with Gasteiger partial charge in [0.1, 0.15) is 0 Å². The number of nitrogens with zero attached hydrogens (tertiary/aromatic N) is 3. The molecular weight excluding hydrogens is 306 g/mol. The van der Waals surface area contributed by atoms with Crippen LogP contribution in [0.15, 0.2) is 17.1 Å². The van der Waals surface area contributed by atoms with Gasteiger partial charge in [0, 0.05) is 31.0 Å². The topological polar surface area (TPSA) is 38.1 Å². The first kappa shape index (κ1) is 14.6. The van der Waals surface area contributed by atoms with E-state index in [4.69, 9.17) is 0 Å². The van der Waals surface area contributed by atoms with Crippen molar-refractivity contribution in [3.8, 4) is 0 Å². The van der Waals surface area contributed by atoms with Gasteiger partial charge in [-0.05, 0) is 25.2 Å². The first-order valence-electron chi connectivity index (χ1n) is 7.12. The average molecular weight is 328 g/mol. The van der Waals surface area contributed by atoms with Crippen LogP contribution in [0.1, 0.15) is 32.6 Å². The maximum atomic E-state index is 12.1. The summed E-state index contributed by atoms with van der Waals surface area (Å²) in [6, 6.07) is 1.74. The van der Waals surface area contributed by atoms with E-state index in [1.807, 2.05) is 6.20 Å². The Kier molecular flexibility index (Phi) is 5.43. The van der Waals surface area contributed by atoms with Gasteiger partial charge >= 0.3 is 0 Å². The van der Waals surface area contributed by atoms with E-state index in [-0.39, 0.29) is 5.56 Å². The molecule has 0 aliphatic carbocycles. The maximum absolute atomic E-state index is 12.1. The lowest BCUT2D eigenvalue weighted by Crippen LogP contribution is -2.32. The molecule has 1 fully saturated rings. The van der Waals surface area contributed by atoms with Crippen LogP contribution in [-0.2, 0) is 6.54 Å². The SMILES string of the molecule is CCC(CBr)Cn1ncc(N2CCCCC2)cc1=O. The third-order valence-electron chi connectivity index (χ3n) is 3.80. The fourth-order valence-corrected chi connectivity index (χ4v) is 3.08. The van der Waals surface area contributed by atoms with E-state index in [1.165, 1.54) is 19.3 Å². The van der Waals surface area contributed by atoms with Crippen LogP contribution in [0.4, 0.5) is 5.69 Å². The molecule has 1 aromatic rings. The molecule has 1 unspecified atom stereocenters. The van der Waals surface area contributed by atoms with Gasteiger partial charge in [0.25, 0.3) is 5.56 Å². The van der Waals surface area contributed by atoms with E-state index < -0.39 is 0 Å². The molecular formula is C14H22BrN3O. The van der Waals surface area contributed by atoms with Crippen LogP contribution < -0.4 is 10.5 Å². The Bertz CT molecular complexity index is 450. The summed E-state index contributed by atoms with van der Waals surface area (Å²) >= 11 is 3.48. The minimum absolute atomic E-state index is 0.0162. The number of halogens is 1. The Labute approximate surface area is 122 Å². The van der Waals surface area contributed by atoms with Crippen molar-refractivity contribution in [2.45, 2.75) is 39.2 Å². The molecule has 0 spiro atoms. The number of hydrogen-bond acceptors (Lipinski definition) is 3. The molecule has 0 bridgehead atoms. The first-order valence-corrected chi connectivity index (χ1v) is 8.24. The zero-order chi connectivity index (χ0) is 13.7. The Morgan fingerprint density at radius 3 is 2.68 bits per heavy atom. The van der Waals surface area contributed by atoms with E-state index in [0.29, 0.717) is 12.5 Å². The molecule has 1 aliphatic heterocycles. The second kappa shape index (κ2) is 7.08. The number of alkyl halides is 1. The zero-order valence-corrected chi connectivity index (χ0v) is 13.1. The highest BCUT2D eigenvalue weighted by Crippen LogP contribution is 2.17. The van der Waals surface area contributed by atoms with E-state index in [1.54, 1.807) is 10.7 Å². The minimum Gasteiger partial charge on any atom is -0.370 e. The van der Waals surface area contributed by atoms with E-state index in [9.17, 15) is 4.79 Å². The van der Waals surface area contributed by atoms with E-state index >= 15 is 0 Å². The quantitative estimate of drug-likeness (QED) is 0.780. The van der Waals surface area contributed by atoms with E-state index in [2.05, 4.69) is 32.9 Å². The molecule has 2 rings (SSSR count).